The SMILES string of the molecule is Cc1nn(-c2ccnc(C(=O)O)c2)c(C)c1[N+](=O)[O-]. The number of aromatic carboxylic acids is 1. The van der Waals surface area contributed by atoms with Gasteiger partial charge in [0, 0.05) is 6.20 Å². The van der Waals surface area contributed by atoms with Crippen molar-refractivity contribution in [2.75, 3.05) is 0 Å². The van der Waals surface area contributed by atoms with Crippen LogP contribution in [-0.4, -0.2) is 30.8 Å². The zero-order chi connectivity index (χ0) is 14.2. The van der Waals surface area contributed by atoms with E-state index in [0.29, 0.717) is 11.4 Å². The molecule has 2 rings (SSSR count). The Balaban J connectivity index is 2.60. The van der Waals surface area contributed by atoms with Crippen molar-refractivity contribution in [3.8, 4) is 5.69 Å². The summed E-state index contributed by atoms with van der Waals surface area (Å²) in [4.78, 5) is 24.9. The molecule has 8 heteroatoms. The van der Waals surface area contributed by atoms with Gasteiger partial charge in [-0.15, -0.1) is 0 Å². The Bertz CT molecular complexity index is 677. The number of pyridine rings is 1. The number of nitrogens with zero attached hydrogens (tertiary/aromatic N) is 4. The molecule has 2 heterocycles. The van der Waals surface area contributed by atoms with Crippen molar-refractivity contribution in [2.45, 2.75) is 13.8 Å². The molecule has 0 radical (unpaired) electrons. The quantitative estimate of drug-likeness (QED) is 0.662. The van der Waals surface area contributed by atoms with Gasteiger partial charge in [0.15, 0.2) is 0 Å². The maximum Gasteiger partial charge on any atom is 0.354 e. The van der Waals surface area contributed by atoms with Crippen LogP contribution in [0, 0.1) is 24.0 Å². The molecular weight excluding hydrogens is 252 g/mol. The van der Waals surface area contributed by atoms with Crippen LogP contribution in [0.4, 0.5) is 5.69 Å². The van der Waals surface area contributed by atoms with E-state index in [1.807, 2.05) is 0 Å². The summed E-state index contributed by atoms with van der Waals surface area (Å²) in [6.45, 7) is 3.08. The minimum Gasteiger partial charge on any atom is -0.477 e. The molecule has 0 aromatic carbocycles. The van der Waals surface area contributed by atoms with E-state index in [4.69, 9.17) is 5.11 Å². The van der Waals surface area contributed by atoms with Gasteiger partial charge in [0.2, 0.25) is 0 Å². The predicted octanol–water partition coefficient (Wildman–Crippen LogP) is 1.49. The highest BCUT2D eigenvalue weighted by atomic mass is 16.6. The third-order valence-corrected chi connectivity index (χ3v) is 2.64. The van der Waals surface area contributed by atoms with Gasteiger partial charge < -0.3 is 5.11 Å². The molecule has 0 amide bonds. The lowest BCUT2D eigenvalue weighted by atomic mass is 10.3. The van der Waals surface area contributed by atoms with E-state index in [1.54, 1.807) is 6.92 Å². The van der Waals surface area contributed by atoms with Crippen molar-refractivity contribution in [3.05, 3.63) is 45.5 Å². The van der Waals surface area contributed by atoms with Gasteiger partial charge >= 0.3 is 11.7 Å². The van der Waals surface area contributed by atoms with Crippen LogP contribution >= 0.6 is 0 Å². The Kier molecular flexibility index (Phi) is 2.99. The number of carboxylic acids is 1. The number of nitro groups is 1. The smallest absolute Gasteiger partial charge is 0.354 e. The second-order valence-electron chi connectivity index (χ2n) is 3.89. The fourth-order valence-electron chi connectivity index (χ4n) is 1.82. The number of aryl methyl sites for hydroxylation is 1. The Morgan fingerprint density at radius 3 is 2.68 bits per heavy atom. The van der Waals surface area contributed by atoms with Gasteiger partial charge in [-0.1, -0.05) is 0 Å². The van der Waals surface area contributed by atoms with E-state index >= 15 is 0 Å². The molecule has 1 N–H and O–H groups in total. The zero-order valence-corrected chi connectivity index (χ0v) is 10.2. The molecule has 98 valence electrons. The van der Waals surface area contributed by atoms with Crippen LogP contribution in [0.3, 0.4) is 0 Å². The molecule has 0 saturated carbocycles. The molecule has 8 nitrogen and oxygen atoms in total. The molecule has 0 atom stereocenters. The number of carbonyl (C=O) groups is 1. The van der Waals surface area contributed by atoms with Crippen LogP contribution < -0.4 is 0 Å². The van der Waals surface area contributed by atoms with Crippen LogP contribution in [0.2, 0.25) is 0 Å². The summed E-state index contributed by atoms with van der Waals surface area (Å²) < 4.78 is 1.33. The predicted molar refractivity (Wildman–Crippen MR) is 64.4 cm³/mol. The van der Waals surface area contributed by atoms with Gasteiger partial charge in [-0.25, -0.2) is 14.5 Å². The minimum atomic E-state index is -1.17. The highest BCUT2D eigenvalue weighted by molar-refractivity contribution is 5.85. The number of hydrogen-bond acceptors (Lipinski definition) is 5. The van der Waals surface area contributed by atoms with Gasteiger partial charge in [0.05, 0.1) is 10.6 Å². The summed E-state index contributed by atoms with van der Waals surface area (Å²) >= 11 is 0. The number of rotatable bonds is 3. The minimum absolute atomic E-state index is 0.0753. The summed E-state index contributed by atoms with van der Waals surface area (Å²) in [6, 6.07) is 2.85. The summed E-state index contributed by atoms with van der Waals surface area (Å²) in [5.74, 6) is -1.17. The third-order valence-electron chi connectivity index (χ3n) is 2.64. The molecule has 0 aliphatic carbocycles. The molecule has 0 aliphatic heterocycles. The molecule has 0 unspecified atom stereocenters. The van der Waals surface area contributed by atoms with Crippen LogP contribution in [-0.2, 0) is 0 Å². The second kappa shape index (κ2) is 4.48. The number of carboxylic acid groups (broad SMARTS) is 1. The maximum atomic E-state index is 10.9. The highest BCUT2D eigenvalue weighted by Gasteiger charge is 2.22. The monoisotopic (exact) mass is 262 g/mol. The molecule has 0 saturated heterocycles. The number of aromatic nitrogens is 3. The summed E-state index contributed by atoms with van der Waals surface area (Å²) in [6.07, 6.45) is 1.32. The van der Waals surface area contributed by atoms with Gasteiger partial charge in [-0.3, -0.25) is 10.1 Å². The molecule has 2 aromatic heterocycles. The van der Waals surface area contributed by atoms with Gasteiger partial charge in [0.1, 0.15) is 17.1 Å². The van der Waals surface area contributed by atoms with Crippen molar-refractivity contribution in [1.29, 1.82) is 0 Å². The molecule has 0 aliphatic rings. The zero-order valence-electron chi connectivity index (χ0n) is 10.2. The van der Waals surface area contributed by atoms with Crippen molar-refractivity contribution in [1.82, 2.24) is 14.8 Å². The van der Waals surface area contributed by atoms with Crippen LogP contribution in [0.25, 0.3) is 5.69 Å². The van der Waals surface area contributed by atoms with E-state index in [1.165, 1.54) is 29.9 Å². The van der Waals surface area contributed by atoms with Gasteiger partial charge in [0.25, 0.3) is 0 Å². The topological polar surface area (TPSA) is 111 Å². The van der Waals surface area contributed by atoms with Crippen LogP contribution in [0.15, 0.2) is 18.3 Å². The fourth-order valence-corrected chi connectivity index (χ4v) is 1.82. The lowest BCUT2D eigenvalue weighted by molar-refractivity contribution is -0.386. The van der Waals surface area contributed by atoms with E-state index in [0.717, 1.165) is 0 Å². The van der Waals surface area contributed by atoms with Crippen molar-refractivity contribution < 1.29 is 14.8 Å². The van der Waals surface area contributed by atoms with Gasteiger partial charge in [-0.2, -0.15) is 5.10 Å². The fraction of sp³-hybridized carbons (Fsp3) is 0.182. The first-order valence-corrected chi connectivity index (χ1v) is 5.32. The Labute approximate surface area is 107 Å². The van der Waals surface area contributed by atoms with E-state index in [9.17, 15) is 14.9 Å². The Hall–Kier alpha value is -2.77. The number of hydrogen-bond donors (Lipinski definition) is 1. The second-order valence-corrected chi connectivity index (χ2v) is 3.89. The first-order valence-electron chi connectivity index (χ1n) is 5.32. The van der Waals surface area contributed by atoms with Crippen LogP contribution in [0.1, 0.15) is 21.9 Å². The largest absolute Gasteiger partial charge is 0.477 e. The summed E-state index contributed by atoms with van der Waals surface area (Å²) in [5, 5.41) is 23.8. The third kappa shape index (κ3) is 2.15. The van der Waals surface area contributed by atoms with Gasteiger partial charge in [-0.05, 0) is 26.0 Å². The van der Waals surface area contributed by atoms with E-state index in [-0.39, 0.29) is 17.1 Å². The Morgan fingerprint density at radius 2 is 2.16 bits per heavy atom. The van der Waals surface area contributed by atoms with Crippen molar-refractivity contribution >= 4 is 11.7 Å². The average Bonchev–Trinajstić information content (AvgIpc) is 2.65. The molecule has 0 fully saturated rings. The highest BCUT2D eigenvalue weighted by Crippen LogP contribution is 2.24. The molecule has 0 bridgehead atoms. The lowest BCUT2D eigenvalue weighted by Gasteiger charge is -2.03. The van der Waals surface area contributed by atoms with Crippen LogP contribution in [0.5, 0.6) is 0 Å². The molecule has 0 spiro atoms. The Morgan fingerprint density at radius 1 is 1.47 bits per heavy atom. The molecule has 19 heavy (non-hydrogen) atoms. The van der Waals surface area contributed by atoms with Crippen molar-refractivity contribution in [2.24, 2.45) is 0 Å². The van der Waals surface area contributed by atoms with Crippen molar-refractivity contribution in [3.63, 3.8) is 0 Å². The maximum absolute atomic E-state index is 10.9. The normalized spacial score (nSPS) is 10.4. The first-order chi connectivity index (χ1) is 8.91. The lowest BCUT2D eigenvalue weighted by Crippen LogP contribution is -2.05. The molecular formula is C11H10N4O4. The summed E-state index contributed by atoms with van der Waals surface area (Å²) in [5.41, 5.74) is 0.809. The summed E-state index contributed by atoms with van der Waals surface area (Å²) in [7, 11) is 0. The average molecular weight is 262 g/mol. The van der Waals surface area contributed by atoms with E-state index < -0.39 is 10.9 Å². The standard InChI is InChI=1S/C11H10N4O4/c1-6-10(15(18)19)7(2)14(13-6)8-3-4-12-9(5-8)11(16)17/h3-5H,1-2H3,(H,16,17). The van der Waals surface area contributed by atoms with E-state index in [2.05, 4.69) is 10.1 Å². The first kappa shape index (κ1) is 12.7. The molecule has 2 aromatic rings.